The molecule has 0 aliphatic heterocycles. The van der Waals surface area contributed by atoms with Gasteiger partial charge in [-0.1, -0.05) is 18.2 Å². The Balaban J connectivity index is 1.87. The summed E-state index contributed by atoms with van der Waals surface area (Å²) in [5.74, 6) is -4.37. The van der Waals surface area contributed by atoms with Gasteiger partial charge >= 0.3 is 11.4 Å². The summed E-state index contributed by atoms with van der Waals surface area (Å²) in [7, 11) is 0. The first-order valence-electron chi connectivity index (χ1n) is 7.80. The van der Waals surface area contributed by atoms with Crippen LogP contribution in [0, 0.1) is 17.5 Å². The van der Waals surface area contributed by atoms with E-state index >= 15 is 0 Å². The maximum Gasteiger partial charge on any atom is 0.346 e. The van der Waals surface area contributed by atoms with Crippen molar-refractivity contribution in [3.05, 3.63) is 71.8 Å². The molecule has 0 saturated carbocycles. The molecule has 1 N–H and O–H groups in total. The third-order valence-electron chi connectivity index (χ3n) is 3.70. The second kappa shape index (κ2) is 7.59. The number of carbonyl (C=O) groups is 1. The molecule has 0 fully saturated rings. The van der Waals surface area contributed by atoms with Crippen molar-refractivity contribution in [2.45, 2.75) is 11.8 Å². The van der Waals surface area contributed by atoms with Crippen LogP contribution in [0.25, 0.3) is 11.1 Å². The molecule has 0 saturated heterocycles. The van der Waals surface area contributed by atoms with Gasteiger partial charge in [-0.05, 0) is 41.4 Å². The minimum absolute atomic E-state index is 0.00441. The number of hydrogen-bond acceptors (Lipinski definition) is 2. The number of halogens is 6. The van der Waals surface area contributed by atoms with E-state index < -0.39 is 35.3 Å². The number of hydrogen-bond donors (Lipinski definition) is 1. The van der Waals surface area contributed by atoms with E-state index in [-0.39, 0.29) is 22.5 Å². The zero-order valence-corrected chi connectivity index (χ0v) is 14.7. The zero-order chi connectivity index (χ0) is 20.5. The lowest BCUT2D eigenvalue weighted by Gasteiger charge is -2.12. The minimum atomic E-state index is -3.50. The van der Waals surface area contributed by atoms with Crippen LogP contribution in [0.4, 0.5) is 32.4 Å². The molecule has 0 spiro atoms. The van der Waals surface area contributed by atoms with Gasteiger partial charge in [-0.15, -0.1) is 0 Å². The number of nitrogens with one attached hydrogen (secondary N) is 1. The van der Waals surface area contributed by atoms with Gasteiger partial charge in [-0.25, -0.2) is 18.0 Å². The van der Waals surface area contributed by atoms with Gasteiger partial charge in [0.25, 0.3) is 0 Å². The number of benzene rings is 2. The highest BCUT2D eigenvalue weighted by atomic mass is 35.5. The van der Waals surface area contributed by atoms with Crippen molar-refractivity contribution in [2.75, 3.05) is 5.32 Å². The Morgan fingerprint density at radius 1 is 1.11 bits per heavy atom. The molecule has 28 heavy (non-hydrogen) atoms. The molecular weight excluding hydrogens is 405 g/mol. The van der Waals surface area contributed by atoms with Crippen LogP contribution in [-0.2, 0) is 6.42 Å². The Morgan fingerprint density at radius 3 is 2.39 bits per heavy atom. The summed E-state index contributed by atoms with van der Waals surface area (Å²) >= 11 is 4.84. The number of rotatable bonds is 4. The van der Waals surface area contributed by atoms with E-state index in [1.165, 1.54) is 18.2 Å². The van der Waals surface area contributed by atoms with Gasteiger partial charge in [0, 0.05) is 11.8 Å². The van der Waals surface area contributed by atoms with E-state index in [0.717, 1.165) is 23.0 Å². The zero-order valence-electron chi connectivity index (χ0n) is 13.9. The molecule has 146 valence electrons. The molecule has 10 heteroatoms. The normalized spacial score (nSPS) is 11.5. The van der Waals surface area contributed by atoms with Gasteiger partial charge < -0.3 is 5.32 Å². The van der Waals surface area contributed by atoms with Gasteiger partial charge in [0.1, 0.15) is 0 Å². The first-order valence-corrected chi connectivity index (χ1v) is 8.18. The van der Waals surface area contributed by atoms with Crippen molar-refractivity contribution in [2.24, 2.45) is 0 Å². The van der Waals surface area contributed by atoms with Crippen molar-refractivity contribution in [1.82, 2.24) is 9.78 Å². The topological polar surface area (TPSA) is 46.9 Å². The number of amides is 1. The molecule has 3 aromatic rings. The molecule has 0 aliphatic carbocycles. The van der Waals surface area contributed by atoms with Gasteiger partial charge in [-0.2, -0.15) is 18.6 Å². The van der Waals surface area contributed by atoms with E-state index in [1.54, 1.807) is 12.1 Å². The fourth-order valence-electron chi connectivity index (χ4n) is 2.50. The monoisotopic (exact) mass is 415 g/mol. The fourth-order valence-corrected chi connectivity index (χ4v) is 2.64. The third-order valence-corrected chi connectivity index (χ3v) is 3.83. The summed E-state index contributed by atoms with van der Waals surface area (Å²) in [6, 6.07) is 7.99. The Morgan fingerprint density at radius 2 is 1.75 bits per heavy atom. The number of anilines is 1. The van der Waals surface area contributed by atoms with Gasteiger partial charge in [0.05, 0.1) is 17.8 Å². The predicted molar refractivity (Wildman–Crippen MR) is 92.9 cm³/mol. The Labute approximate surface area is 160 Å². The van der Waals surface area contributed by atoms with Crippen molar-refractivity contribution >= 4 is 23.3 Å². The van der Waals surface area contributed by atoms with E-state index in [4.69, 9.17) is 11.6 Å². The van der Waals surface area contributed by atoms with Crippen LogP contribution < -0.4 is 5.32 Å². The number of carbonyl (C=O) groups excluding carboxylic acids is 1. The largest absolute Gasteiger partial charge is 0.346 e. The second-order valence-corrected chi connectivity index (χ2v) is 6.33. The highest BCUT2D eigenvalue weighted by molar-refractivity contribution is 6.21. The van der Waals surface area contributed by atoms with Crippen LogP contribution in [0.15, 0.2) is 48.7 Å². The van der Waals surface area contributed by atoms with Crippen LogP contribution in [0.5, 0.6) is 0 Å². The van der Waals surface area contributed by atoms with Crippen molar-refractivity contribution in [1.29, 1.82) is 0 Å². The number of aromatic nitrogens is 2. The fraction of sp³-hybridized carbons (Fsp3) is 0.111. The van der Waals surface area contributed by atoms with Crippen LogP contribution in [0.1, 0.15) is 5.69 Å². The van der Waals surface area contributed by atoms with Crippen molar-refractivity contribution < 1.29 is 26.7 Å². The first-order chi connectivity index (χ1) is 13.1. The molecule has 4 nitrogen and oxygen atoms in total. The maximum atomic E-state index is 13.5. The number of nitrogens with zero attached hydrogens (tertiary/aromatic N) is 2. The molecule has 0 bridgehead atoms. The second-order valence-electron chi connectivity index (χ2n) is 5.77. The summed E-state index contributed by atoms with van der Waals surface area (Å²) in [6.45, 7) is 0. The van der Waals surface area contributed by atoms with Crippen LogP contribution >= 0.6 is 11.6 Å². The minimum Gasteiger partial charge on any atom is -0.305 e. The van der Waals surface area contributed by atoms with E-state index in [1.807, 2.05) is 0 Å². The maximum absolute atomic E-state index is 13.5. The standard InChI is InChI=1S/C18H11ClF5N3O/c19-18(23,24)9-11-5-6-27(26-11)17(28)25-15-4-2-1-3-12(15)10-7-13(20)16(22)14(21)8-10/h1-8H,9H2,(H,25,28). The van der Waals surface area contributed by atoms with Crippen LogP contribution in [-0.4, -0.2) is 21.2 Å². The molecule has 1 heterocycles. The van der Waals surface area contributed by atoms with E-state index in [2.05, 4.69) is 10.4 Å². The third kappa shape index (κ3) is 4.48. The lowest BCUT2D eigenvalue weighted by atomic mass is 10.0. The Hall–Kier alpha value is -2.94. The van der Waals surface area contributed by atoms with Crippen molar-refractivity contribution in [3.63, 3.8) is 0 Å². The molecule has 2 aromatic carbocycles. The average Bonchev–Trinajstić information content (AvgIpc) is 3.06. The quantitative estimate of drug-likeness (QED) is 0.351. The summed E-state index contributed by atoms with van der Waals surface area (Å²) in [5, 5.41) is 2.66. The van der Waals surface area contributed by atoms with Gasteiger partial charge in [-0.3, -0.25) is 0 Å². The molecule has 0 atom stereocenters. The smallest absolute Gasteiger partial charge is 0.305 e. The molecule has 1 amide bonds. The summed E-state index contributed by atoms with van der Waals surface area (Å²) in [4.78, 5) is 12.3. The molecule has 3 rings (SSSR count). The SMILES string of the molecule is O=C(Nc1ccccc1-c1cc(F)c(F)c(F)c1)n1ccc(CC(F)(F)Cl)n1. The molecule has 0 unspecified atom stereocenters. The summed E-state index contributed by atoms with van der Waals surface area (Å²) in [5.41, 5.74) is 0.257. The lowest BCUT2D eigenvalue weighted by molar-refractivity contribution is 0.0956. The van der Waals surface area contributed by atoms with E-state index in [0.29, 0.717) is 0 Å². The average molecular weight is 416 g/mol. The van der Waals surface area contributed by atoms with Crippen molar-refractivity contribution in [3.8, 4) is 11.1 Å². The molecule has 1 aromatic heterocycles. The lowest BCUT2D eigenvalue weighted by Crippen LogP contribution is -2.21. The Bertz CT molecular complexity index is 1010. The predicted octanol–water partition coefficient (Wildman–Crippen LogP) is 5.42. The highest BCUT2D eigenvalue weighted by Gasteiger charge is 2.26. The first kappa shape index (κ1) is 19.8. The summed E-state index contributed by atoms with van der Waals surface area (Å²) < 4.78 is 66.7. The molecule has 0 aliphatic rings. The summed E-state index contributed by atoms with van der Waals surface area (Å²) in [6.07, 6.45) is 0.298. The van der Waals surface area contributed by atoms with Gasteiger partial charge in [0.2, 0.25) is 0 Å². The van der Waals surface area contributed by atoms with Gasteiger partial charge in [0.15, 0.2) is 17.5 Å². The Kier molecular flexibility index (Phi) is 5.37. The number of alkyl halides is 3. The number of para-hydroxylation sites is 1. The van der Waals surface area contributed by atoms with E-state index in [9.17, 15) is 26.7 Å². The highest BCUT2D eigenvalue weighted by Crippen LogP contribution is 2.30. The molecular formula is C18H11ClF5N3O. The van der Waals surface area contributed by atoms with Crippen LogP contribution in [0.3, 0.4) is 0 Å². The van der Waals surface area contributed by atoms with Crippen LogP contribution in [0.2, 0.25) is 0 Å². The molecule has 0 radical (unpaired) electrons.